The Balaban J connectivity index is 2.23. The van der Waals surface area contributed by atoms with Crippen LogP contribution in [0.25, 0.3) is 0 Å². The van der Waals surface area contributed by atoms with E-state index in [9.17, 15) is 9.90 Å². The Hall–Kier alpha value is -0.610. The minimum Gasteiger partial charge on any atom is -0.544 e. The Morgan fingerprint density at radius 1 is 1.82 bits per heavy atom. The summed E-state index contributed by atoms with van der Waals surface area (Å²) >= 11 is 0. The highest BCUT2D eigenvalue weighted by atomic mass is 16.5. The van der Waals surface area contributed by atoms with Crippen LogP contribution >= 0.6 is 0 Å². The lowest BCUT2D eigenvalue weighted by Gasteiger charge is -2.13. The van der Waals surface area contributed by atoms with Crippen molar-refractivity contribution in [3.8, 4) is 0 Å². The SMILES string of the molecule is [NH3+][C@H](C[C@H]1CCCO1)C(=O)[O-]. The molecule has 0 amide bonds. The van der Waals surface area contributed by atoms with Crippen molar-refractivity contribution < 1.29 is 20.4 Å². The van der Waals surface area contributed by atoms with Crippen molar-refractivity contribution >= 4 is 5.97 Å². The lowest BCUT2D eigenvalue weighted by Crippen LogP contribution is -2.69. The molecule has 4 nitrogen and oxygen atoms in total. The molecular weight excluding hydrogens is 146 g/mol. The predicted octanol–water partition coefficient (Wildman–Crippen LogP) is -2.08. The second-order valence-corrected chi connectivity index (χ2v) is 2.89. The first-order valence-electron chi connectivity index (χ1n) is 3.85. The zero-order valence-electron chi connectivity index (χ0n) is 6.41. The third-order valence-corrected chi connectivity index (χ3v) is 1.90. The number of aliphatic carboxylic acids is 1. The lowest BCUT2D eigenvalue weighted by molar-refractivity contribution is -0.440. The summed E-state index contributed by atoms with van der Waals surface area (Å²) in [5.41, 5.74) is 3.46. The van der Waals surface area contributed by atoms with Crippen LogP contribution in [0.3, 0.4) is 0 Å². The van der Waals surface area contributed by atoms with Gasteiger partial charge in [0.2, 0.25) is 0 Å². The van der Waals surface area contributed by atoms with Crippen LogP contribution in [-0.2, 0) is 9.53 Å². The van der Waals surface area contributed by atoms with Crippen molar-refractivity contribution in [2.45, 2.75) is 31.4 Å². The highest BCUT2D eigenvalue weighted by Crippen LogP contribution is 2.15. The van der Waals surface area contributed by atoms with Gasteiger partial charge in [-0.3, -0.25) is 0 Å². The number of ether oxygens (including phenoxy) is 1. The van der Waals surface area contributed by atoms with Gasteiger partial charge in [-0.1, -0.05) is 0 Å². The van der Waals surface area contributed by atoms with Gasteiger partial charge in [-0.15, -0.1) is 0 Å². The number of rotatable bonds is 3. The summed E-state index contributed by atoms with van der Waals surface area (Å²) in [6, 6.07) is -0.627. The van der Waals surface area contributed by atoms with E-state index < -0.39 is 12.0 Å². The average Bonchev–Trinajstić information content (AvgIpc) is 2.39. The fourth-order valence-electron chi connectivity index (χ4n) is 1.24. The third-order valence-electron chi connectivity index (χ3n) is 1.90. The smallest absolute Gasteiger partial charge is 0.127 e. The normalized spacial score (nSPS) is 26.8. The molecule has 2 atom stereocenters. The molecule has 0 unspecified atom stereocenters. The van der Waals surface area contributed by atoms with Crippen molar-refractivity contribution in [3.63, 3.8) is 0 Å². The van der Waals surface area contributed by atoms with Crippen molar-refractivity contribution in [1.29, 1.82) is 0 Å². The monoisotopic (exact) mass is 159 g/mol. The van der Waals surface area contributed by atoms with E-state index in [4.69, 9.17) is 4.74 Å². The molecule has 64 valence electrons. The van der Waals surface area contributed by atoms with Gasteiger partial charge in [-0.2, -0.15) is 0 Å². The van der Waals surface area contributed by atoms with Crippen molar-refractivity contribution in [3.05, 3.63) is 0 Å². The molecule has 1 aliphatic rings. The highest BCUT2D eigenvalue weighted by molar-refractivity contribution is 5.69. The highest BCUT2D eigenvalue weighted by Gasteiger charge is 2.20. The molecule has 0 aliphatic carbocycles. The minimum absolute atomic E-state index is 0.0930. The Morgan fingerprint density at radius 3 is 3.00 bits per heavy atom. The van der Waals surface area contributed by atoms with Crippen LogP contribution in [0.4, 0.5) is 0 Å². The van der Waals surface area contributed by atoms with Crippen molar-refractivity contribution in [2.75, 3.05) is 6.61 Å². The van der Waals surface area contributed by atoms with E-state index in [2.05, 4.69) is 5.73 Å². The van der Waals surface area contributed by atoms with Gasteiger partial charge >= 0.3 is 0 Å². The number of hydrogen-bond acceptors (Lipinski definition) is 3. The van der Waals surface area contributed by atoms with E-state index in [1.807, 2.05) is 0 Å². The molecule has 0 aromatic heterocycles. The fourth-order valence-corrected chi connectivity index (χ4v) is 1.24. The summed E-state index contributed by atoms with van der Waals surface area (Å²) in [6.07, 6.45) is 2.57. The second kappa shape index (κ2) is 3.69. The molecule has 1 heterocycles. The average molecular weight is 159 g/mol. The summed E-state index contributed by atoms with van der Waals surface area (Å²) < 4.78 is 5.24. The van der Waals surface area contributed by atoms with Gasteiger partial charge in [0.25, 0.3) is 0 Å². The van der Waals surface area contributed by atoms with Crippen LogP contribution in [0.5, 0.6) is 0 Å². The third kappa shape index (κ3) is 2.48. The first-order valence-corrected chi connectivity index (χ1v) is 3.85. The van der Waals surface area contributed by atoms with Gasteiger partial charge in [0, 0.05) is 13.0 Å². The molecule has 1 aliphatic heterocycles. The van der Waals surface area contributed by atoms with Crippen LogP contribution in [0.15, 0.2) is 0 Å². The number of carboxylic acid groups (broad SMARTS) is 1. The van der Waals surface area contributed by atoms with Crippen LogP contribution < -0.4 is 10.8 Å². The maximum Gasteiger partial charge on any atom is 0.127 e. The van der Waals surface area contributed by atoms with Gasteiger partial charge in [0.05, 0.1) is 12.1 Å². The molecule has 0 bridgehead atoms. The zero-order chi connectivity index (χ0) is 8.27. The van der Waals surface area contributed by atoms with Crippen LogP contribution in [-0.4, -0.2) is 24.7 Å². The Kier molecular flexibility index (Phi) is 2.84. The molecule has 0 aromatic rings. The summed E-state index contributed by atoms with van der Waals surface area (Å²) in [7, 11) is 0. The van der Waals surface area contributed by atoms with Crippen molar-refractivity contribution in [2.24, 2.45) is 0 Å². The number of carboxylic acids is 1. The number of carbonyl (C=O) groups excluding carboxylic acids is 1. The van der Waals surface area contributed by atoms with Crippen LogP contribution in [0, 0.1) is 0 Å². The van der Waals surface area contributed by atoms with E-state index in [0.717, 1.165) is 19.4 Å². The van der Waals surface area contributed by atoms with Crippen LogP contribution in [0.2, 0.25) is 0 Å². The topological polar surface area (TPSA) is 77.0 Å². The minimum atomic E-state index is -1.08. The molecule has 0 radical (unpaired) electrons. The molecule has 0 spiro atoms. The number of hydrogen-bond donors (Lipinski definition) is 1. The van der Waals surface area contributed by atoms with Crippen LogP contribution in [0.1, 0.15) is 19.3 Å². The summed E-state index contributed by atoms with van der Waals surface area (Å²) in [5, 5.41) is 10.3. The quantitative estimate of drug-likeness (QED) is 0.513. The van der Waals surface area contributed by atoms with Gasteiger partial charge in [-0.05, 0) is 12.8 Å². The largest absolute Gasteiger partial charge is 0.544 e. The molecule has 11 heavy (non-hydrogen) atoms. The Morgan fingerprint density at radius 2 is 2.55 bits per heavy atom. The van der Waals surface area contributed by atoms with E-state index in [0.29, 0.717) is 6.42 Å². The second-order valence-electron chi connectivity index (χ2n) is 2.89. The van der Waals surface area contributed by atoms with Gasteiger partial charge in [0.1, 0.15) is 6.04 Å². The summed E-state index contributed by atoms with van der Waals surface area (Å²) in [5.74, 6) is -1.08. The van der Waals surface area contributed by atoms with E-state index in [-0.39, 0.29) is 6.10 Å². The maximum absolute atomic E-state index is 10.3. The van der Waals surface area contributed by atoms with Crippen molar-refractivity contribution in [1.82, 2.24) is 0 Å². The summed E-state index contributed by atoms with van der Waals surface area (Å²) in [4.78, 5) is 10.3. The molecule has 4 heteroatoms. The summed E-state index contributed by atoms with van der Waals surface area (Å²) in [6.45, 7) is 0.754. The zero-order valence-corrected chi connectivity index (χ0v) is 6.41. The maximum atomic E-state index is 10.3. The van der Waals surface area contributed by atoms with E-state index >= 15 is 0 Å². The van der Waals surface area contributed by atoms with Gasteiger partial charge < -0.3 is 20.4 Å². The standard InChI is InChI=1S/C7H13NO3/c8-6(7(9)10)4-5-2-1-3-11-5/h5-6H,1-4,8H2,(H,9,10)/t5-,6-/m1/s1. The Bertz CT molecular complexity index is 143. The van der Waals surface area contributed by atoms with Gasteiger partial charge in [-0.25, -0.2) is 0 Å². The molecular formula is C7H13NO3. The van der Waals surface area contributed by atoms with Gasteiger partial charge in [0.15, 0.2) is 0 Å². The van der Waals surface area contributed by atoms with E-state index in [1.165, 1.54) is 0 Å². The first kappa shape index (κ1) is 8.49. The molecule has 3 N–H and O–H groups in total. The Labute approximate surface area is 65.3 Å². The predicted molar refractivity (Wildman–Crippen MR) is 35.3 cm³/mol. The molecule has 0 saturated carbocycles. The first-order chi connectivity index (χ1) is 5.20. The fraction of sp³-hybridized carbons (Fsp3) is 0.857. The lowest BCUT2D eigenvalue weighted by atomic mass is 10.1. The number of carbonyl (C=O) groups is 1. The van der Waals surface area contributed by atoms with E-state index in [1.54, 1.807) is 0 Å². The molecule has 1 saturated heterocycles. The number of quaternary nitrogens is 1. The molecule has 1 fully saturated rings. The molecule has 1 rings (SSSR count). The molecule has 0 aromatic carbocycles.